The molecule has 0 spiro atoms. The molecule has 0 amide bonds. The van der Waals surface area contributed by atoms with Crippen molar-refractivity contribution in [3.63, 3.8) is 0 Å². The molecule has 0 bridgehead atoms. The molecule has 1 N–H and O–H groups in total. The molecule has 5 rings (SSSR count). The molecule has 0 aliphatic heterocycles. The number of fused-ring (bicyclic) bond motifs is 1. The van der Waals surface area contributed by atoms with Crippen LogP contribution >= 0.6 is 0 Å². The third-order valence-corrected chi connectivity index (χ3v) is 5.68. The second kappa shape index (κ2) is 6.99. The number of halogens is 3. The van der Waals surface area contributed by atoms with Crippen LogP contribution in [-0.2, 0) is 11.6 Å². The predicted molar refractivity (Wildman–Crippen MR) is 109 cm³/mol. The van der Waals surface area contributed by atoms with E-state index in [0.717, 1.165) is 16.6 Å². The standard InChI is InChI=1S/C23H15F3N4O2/c24-23(25,26)15-8-6-14(7-9-15)22(10-11-22)19-17(12-27)20-28-13-18(21(31)30(20)29-19)32-16-4-2-1-3-5-16/h1-9,13,28H,10-11H2. The molecular weight excluding hydrogens is 421 g/mol. The maximum Gasteiger partial charge on any atom is 0.416 e. The molecule has 1 aliphatic rings. The average molecular weight is 436 g/mol. The van der Waals surface area contributed by atoms with Gasteiger partial charge in [0.1, 0.15) is 17.4 Å². The molecule has 0 radical (unpaired) electrons. The molecule has 0 atom stereocenters. The van der Waals surface area contributed by atoms with Gasteiger partial charge in [0.25, 0.3) is 0 Å². The highest BCUT2D eigenvalue weighted by Crippen LogP contribution is 2.54. The number of nitrogens with one attached hydrogen (secondary N) is 1. The van der Waals surface area contributed by atoms with Gasteiger partial charge in [0.05, 0.1) is 17.5 Å². The zero-order chi connectivity index (χ0) is 22.5. The quantitative estimate of drug-likeness (QED) is 0.499. The molecule has 2 aromatic carbocycles. The summed E-state index contributed by atoms with van der Waals surface area (Å²) in [5, 5.41) is 14.2. The molecule has 160 valence electrons. The van der Waals surface area contributed by atoms with Crippen molar-refractivity contribution in [2.24, 2.45) is 0 Å². The molecule has 0 unspecified atom stereocenters. The highest BCUT2D eigenvalue weighted by molar-refractivity contribution is 5.63. The number of H-pyrrole nitrogens is 1. The van der Waals surface area contributed by atoms with E-state index in [-0.39, 0.29) is 17.0 Å². The van der Waals surface area contributed by atoms with Crippen LogP contribution in [-0.4, -0.2) is 14.6 Å². The van der Waals surface area contributed by atoms with Crippen LogP contribution in [0, 0.1) is 11.3 Å². The van der Waals surface area contributed by atoms with Gasteiger partial charge in [0.15, 0.2) is 5.65 Å². The number of rotatable bonds is 4. The Labute approximate surface area is 179 Å². The summed E-state index contributed by atoms with van der Waals surface area (Å²) in [6.45, 7) is 0. The fourth-order valence-electron chi connectivity index (χ4n) is 3.89. The zero-order valence-electron chi connectivity index (χ0n) is 16.5. The molecule has 32 heavy (non-hydrogen) atoms. The Morgan fingerprint density at radius 1 is 1.09 bits per heavy atom. The van der Waals surface area contributed by atoms with Crippen LogP contribution in [0.1, 0.15) is 35.2 Å². The molecule has 1 aliphatic carbocycles. The number of alkyl halides is 3. The van der Waals surface area contributed by atoms with Gasteiger partial charge in [-0.25, -0.2) is 0 Å². The SMILES string of the molecule is N#Cc1c(C2(c3ccc(C(F)(F)F)cc3)CC2)nn2c(=O)c(Oc3ccccc3)c[nH]c12. The maximum atomic E-state index is 13.0. The van der Waals surface area contributed by atoms with Crippen molar-refractivity contribution in [2.75, 3.05) is 0 Å². The predicted octanol–water partition coefficient (Wildman–Crippen LogP) is 4.79. The summed E-state index contributed by atoms with van der Waals surface area (Å²) >= 11 is 0. The molecule has 2 heterocycles. The van der Waals surface area contributed by atoms with Gasteiger partial charge in [-0.3, -0.25) is 4.79 Å². The van der Waals surface area contributed by atoms with E-state index in [1.807, 2.05) is 6.07 Å². The minimum absolute atomic E-state index is 0.00150. The topological polar surface area (TPSA) is 83.2 Å². The number of aromatic amines is 1. The van der Waals surface area contributed by atoms with E-state index in [0.29, 0.717) is 29.8 Å². The fourth-order valence-corrected chi connectivity index (χ4v) is 3.89. The van der Waals surface area contributed by atoms with Gasteiger partial charge in [-0.05, 0) is 42.7 Å². The smallest absolute Gasteiger partial charge is 0.416 e. The summed E-state index contributed by atoms with van der Waals surface area (Å²) in [4.78, 5) is 15.9. The molecule has 1 saturated carbocycles. The molecule has 6 nitrogen and oxygen atoms in total. The lowest BCUT2D eigenvalue weighted by Gasteiger charge is -2.15. The fraction of sp³-hybridized carbons (Fsp3) is 0.174. The Morgan fingerprint density at radius 2 is 1.78 bits per heavy atom. The van der Waals surface area contributed by atoms with Crippen LogP contribution in [0.15, 0.2) is 65.6 Å². The lowest BCUT2D eigenvalue weighted by atomic mass is 9.89. The Hall–Kier alpha value is -4.06. The summed E-state index contributed by atoms with van der Waals surface area (Å²) < 4.78 is 45.5. The molecule has 0 saturated heterocycles. The van der Waals surface area contributed by atoms with E-state index in [1.54, 1.807) is 24.3 Å². The first kappa shape index (κ1) is 19.9. The summed E-state index contributed by atoms with van der Waals surface area (Å²) in [6, 6.07) is 15.7. The van der Waals surface area contributed by atoms with Crippen molar-refractivity contribution >= 4 is 5.65 Å². The number of hydrogen-bond acceptors (Lipinski definition) is 4. The van der Waals surface area contributed by atoms with Crippen molar-refractivity contribution in [2.45, 2.75) is 24.4 Å². The number of nitriles is 1. The van der Waals surface area contributed by atoms with Gasteiger partial charge in [-0.2, -0.15) is 28.0 Å². The van der Waals surface area contributed by atoms with E-state index in [1.165, 1.54) is 18.3 Å². The van der Waals surface area contributed by atoms with Crippen molar-refractivity contribution in [1.82, 2.24) is 14.6 Å². The first-order chi connectivity index (χ1) is 15.3. The van der Waals surface area contributed by atoms with E-state index in [2.05, 4.69) is 16.2 Å². The van der Waals surface area contributed by atoms with Gasteiger partial charge < -0.3 is 9.72 Å². The number of ether oxygens (including phenoxy) is 1. The first-order valence-corrected chi connectivity index (χ1v) is 9.79. The van der Waals surface area contributed by atoms with Gasteiger partial charge in [-0.15, -0.1) is 0 Å². The Bertz CT molecular complexity index is 1410. The second-order valence-corrected chi connectivity index (χ2v) is 7.63. The zero-order valence-corrected chi connectivity index (χ0v) is 16.5. The normalized spacial score (nSPS) is 14.8. The number of hydrogen-bond donors (Lipinski definition) is 1. The minimum Gasteiger partial charge on any atom is -0.450 e. The summed E-state index contributed by atoms with van der Waals surface area (Å²) in [5.41, 5.74) is -0.610. The van der Waals surface area contributed by atoms with Gasteiger partial charge in [0, 0.05) is 5.41 Å². The molecule has 1 fully saturated rings. The second-order valence-electron chi connectivity index (χ2n) is 7.63. The van der Waals surface area contributed by atoms with Gasteiger partial charge in [-0.1, -0.05) is 30.3 Å². The summed E-state index contributed by atoms with van der Waals surface area (Å²) in [6.07, 6.45) is -1.84. The number of nitrogens with zero attached hydrogens (tertiary/aromatic N) is 3. The van der Waals surface area contributed by atoms with Crippen LogP contribution in [0.5, 0.6) is 11.5 Å². The summed E-state index contributed by atoms with van der Waals surface area (Å²) in [7, 11) is 0. The average Bonchev–Trinajstić information content (AvgIpc) is 3.50. The van der Waals surface area contributed by atoms with E-state index >= 15 is 0 Å². The van der Waals surface area contributed by atoms with Gasteiger partial charge in [0.2, 0.25) is 5.75 Å². The number of para-hydroxylation sites is 1. The highest BCUT2D eigenvalue weighted by Gasteiger charge is 2.50. The third-order valence-electron chi connectivity index (χ3n) is 5.68. The van der Waals surface area contributed by atoms with Crippen molar-refractivity contribution in [3.05, 3.63) is 93.5 Å². The summed E-state index contributed by atoms with van der Waals surface area (Å²) in [5.74, 6) is 0.468. The molecular formula is C23H15F3N4O2. The van der Waals surface area contributed by atoms with E-state index < -0.39 is 22.7 Å². The van der Waals surface area contributed by atoms with Crippen LogP contribution in [0.3, 0.4) is 0 Å². The molecule has 9 heteroatoms. The number of aromatic nitrogens is 3. The Balaban J connectivity index is 1.59. The van der Waals surface area contributed by atoms with Crippen molar-refractivity contribution in [1.29, 1.82) is 5.26 Å². The van der Waals surface area contributed by atoms with E-state index in [9.17, 15) is 23.2 Å². The lowest BCUT2D eigenvalue weighted by Crippen LogP contribution is -2.17. The monoisotopic (exact) mass is 436 g/mol. The minimum atomic E-state index is -4.43. The van der Waals surface area contributed by atoms with Crippen LogP contribution < -0.4 is 10.3 Å². The van der Waals surface area contributed by atoms with Crippen LogP contribution in [0.25, 0.3) is 5.65 Å². The third kappa shape index (κ3) is 3.12. The Kier molecular flexibility index (Phi) is 4.34. The number of benzene rings is 2. The van der Waals surface area contributed by atoms with Crippen LogP contribution in [0.2, 0.25) is 0 Å². The maximum absolute atomic E-state index is 13.0. The highest BCUT2D eigenvalue weighted by atomic mass is 19.4. The molecule has 2 aromatic heterocycles. The molecule has 4 aromatic rings. The lowest BCUT2D eigenvalue weighted by molar-refractivity contribution is -0.137. The van der Waals surface area contributed by atoms with Gasteiger partial charge >= 0.3 is 11.7 Å². The largest absolute Gasteiger partial charge is 0.450 e. The van der Waals surface area contributed by atoms with Crippen molar-refractivity contribution < 1.29 is 17.9 Å². The van der Waals surface area contributed by atoms with Crippen LogP contribution in [0.4, 0.5) is 13.2 Å². The first-order valence-electron chi connectivity index (χ1n) is 9.79. The Morgan fingerprint density at radius 3 is 2.38 bits per heavy atom. The van der Waals surface area contributed by atoms with E-state index in [4.69, 9.17) is 4.74 Å². The van der Waals surface area contributed by atoms with Crippen molar-refractivity contribution in [3.8, 4) is 17.6 Å².